The smallest absolute Gasteiger partial charge is 0.143 e. The van der Waals surface area contributed by atoms with E-state index in [2.05, 4.69) is 0 Å². The van der Waals surface area contributed by atoms with Crippen LogP contribution >= 0.6 is 12.2 Å². The summed E-state index contributed by atoms with van der Waals surface area (Å²) < 4.78 is 16.7. The van der Waals surface area contributed by atoms with Crippen LogP contribution in [0.1, 0.15) is 0 Å². The number of ether oxygens (including phenoxy) is 2. The van der Waals surface area contributed by atoms with E-state index in [1.807, 2.05) is 24.3 Å². The van der Waals surface area contributed by atoms with Crippen molar-refractivity contribution < 1.29 is 19.0 Å². The van der Waals surface area contributed by atoms with Crippen LogP contribution in [0.25, 0.3) is 22.3 Å². The zero-order chi connectivity index (χ0) is 15.7. The summed E-state index contributed by atoms with van der Waals surface area (Å²) in [7, 11) is 3.15. The summed E-state index contributed by atoms with van der Waals surface area (Å²) in [5.41, 5.74) is 1.35. The molecule has 0 aliphatic heterocycles. The Kier molecular flexibility index (Phi) is 3.73. The SMILES string of the molecule is COc1ccc(-c2cc(=S)c3c(O)cc(OC)cc3o2)cc1. The minimum Gasteiger partial charge on any atom is -0.507 e. The topological polar surface area (TPSA) is 51.8 Å². The van der Waals surface area contributed by atoms with Gasteiger partial charge in [0, 0.05) is 23.8 Å². The predicted octanol–water partition coefficient (Wildman–Crippen LogP) is 4.55. The normalized spacial score (nSPS) is 10.6. The van der Waals surface area contributed by atoms with Crippen LogP contribution in [0.15, 0.2) is 46.9 Å². The molecule has 3 aromatic rings. The van der Waals surface area contributed by atoms with E-state index < -0.39 is 0 Å². The van der Waals surface area contributed by atoms with Crippen molar-refractivity contribution in [2.24, 2.45) is 0 Å². The zero-order valence-electron chi connectivity index (χ0n) is 12.1. The lowest BCUT2D eigenvalue weighted by atomic mass is 10.1. The Morgan fingerprint density at radius 3 is 2.27 bits per heavy atom. The van der Waals surface area contributed by atoms with Crippen LogP contribution in [0.4, 0.5) is 0 Å². The van der Waals surface area contributed by atoms with E-state index in [1.165, 1.54) is 13.2 Å². The third-order valence-corrected chi connectivity index (χ3v) is 3.72. The molecule has 0 bridgehead atoms. The minimum absolute atomic E-state index is 0.0457. The van der Waals surface area contributed by atoms with Crippen molar-refractivity contribution in [1.29, 1.82) is 0 Å². The molecule has 0 atom stereocenters. The molecule has 0 aliphatic rings. The van der Waals surface area contributed by atoms with Gasteiger partial charge in [-0.15, -0.1) is 0 Å². The molecule has 0 radical (unpaired) electrons. The van der Waals surface area contributed by atoms with Gasteiger partial charge in [0.1, 0.15) is 28.6 Å². The fourth-order valence-corrected chi connectivity index (χ4v) is 2.57. The highest BCUT2D eigenvalue weighted by Gasteiger charge is 2.10. The first kappa shape index (κ1) is 14.4. The molecule has 0 fully saturated rings. The number of phenolic OH excluding ortho intramolecular Hbond substituents is 1. The summed E-state index contributed by atoms with van der Waals surface area (Å²) in [5.74, 6) is 1.94. The number of rotatable bonds is 3. The van der Waals surface area contributed by atoms with Crippen molar-refractivity contribution in [3.63, 3.8) is 0 Å². The Balaban J connectivity index is 2.20. The van der Waals surface area contributed by atoms with Gasteiger partial charge in [0.05, 0.1) is 24.1 Å². The molecule has 3 rings (SSSR count). The van der Waals surface area contributed by atoms with Gasteiger partial charge in [-0.05, 0) is 24.3 Å². The van der Waals surface area contributed by atoms with Crippen LogP contribution in [-0.4, -0.2) is 19.3 Å². The van der Waals surface area contributed by atoms with Crippen LogP contribution in [0.2, 0.25) is 0 Å². The molecule has 0 saturated carbocycles. The summed E-state index contributed by atoms with van der Waals surface area (Å²) in [6.45, 7) is 0. The fraction of sp³-hybridized carbons (Fsp3) is 0.118. The van der Waals surface area contributed by atoms with E-state index in [9.17, 15) is 5.11 Å². The van der Waals surface area contributed by atoms with Gasteiger partial charge in [-0.1, -0.05) is 12.2 Å². The molecular weight excluding hydrogens is 300 g/mol. The zero-order valence-corrected chi connectivity index (χ0v) is 12.9. The van der Waals surface area contributed by atoms with E-state index in [0.717, 1.165) is 11.3 Å². The minimum atomic E-state index is 0.0457. The Labute approximate surface area is 132 Å². The number of hydrogen-bond donors (Lipinski definition) is 1. The summed E-state index contributed by atoms with van der Waals surface area (Å²) in [5, 5.41) is 10.6. The van der Waals surface area contributed by atoms with Crippen molar-refractivity contribution in [2.75, 3.05) is 14.2 Å². The lowest BCUT2D eigenvalue weighted by Gasteiger charge is -2.08. The summed E-state index contributed by atoms with van der Waals surface area (Å²) >= 11 is 5.37. The van der Waals surface area contributed by atoms with E-state index in [1.54, 1.807) is 19.2 Å². The molecule has 112 valence electrons. The van der Waals surface area contributed by atoms with Gasteiger partial charge in [-0.25, -0.2) is 0 Å². The average Bonchev–Trinajstić information content (AvgIpc) is 2.54. The molecule has 1 heterocycles. The lowest BCUT2D eigenvalue weighted by molar-refractivity contribution is 0.408. The maximum Gasteiger partial charge on any atom is 0.143 e. The van der Waals surface area contributed by atoms with Crippen LogP contribution < -0.4 is 9.47 Å². The maximum atomic E-state index is 10.1. The lowest BCUT2D eigenvalue weighted by Crippen LogP contribution is -1.86. The van der Waals surface area contributed by atoms with Crippen LogP contribution in [0.5, 0.6) is 17.2 Å². The summed E-state index contributed by atoms with van der Waals surface area (Å²) in [6, 6.07) is 12.4. The standard InChI is InChI=1S/C17H14O4S/c1-19-11-5-3-10(4-6-11)14-9-16(22)17-13(18)7-12(20-2)8-15(17)21-14/h3-9,18H,1-2H3. The van der Waals surface area contributed by atoms with Crippen molar-refractivity contribution in [1.82, 2.24) is 0 Å². The Morgan fingerprint density at radius 1 is 0.955 bits per heavy atom. The molecule has 4 nitrogen and oxygen atoms in total. The third kappa shape index (κ3) is 2.51. The number of aromatic hydroxyl groups is 1. The van der Waals surface area contributed by atoms with E-state index >= 15 is 0 Å². The van der Waals surface area contributed by atoms with Crippen LogP contribution in [0.3, 0.4) is 0 Å². The molecule has 22 heavy (non-hydrogen) atoms. The van der Waals surface area contributed by atoms with Crippen LogP contribution in [-0.2, 0) is 0 Å². The predicted molar refractivity (Wildman–Crippen MR) is 87.3 cm³/mol. The Bertz CT molecular complexity index is 882. The van der Waals surface area contributed by atoms with Crippen molar-refractivity contribution in [3.05, 3.63) is 47.0 Å². The monoisotopic (exact) mass is 314 g/mol. The number of benzene rings is 2. The highest BCUT2D eigenvalue weighted by atomic mass is 32.1. The third-order valence-electron chi connectivity index (χ3n) is 3.39. The molecule has 1 aromatic heterocycles. The molecule has 0 aliphatic carbocycles. The van der Waals surface area contributed by atoms with Gasteiger partial charge >= 0.3 is 0 Å². The highest BCUT2D eigenvalue weighted by Crippen LogP contribution is 2.34. The molecule has 0 amide bonds. The van der Waals surface area contributed by atoms with Gasteiger partial charge < -0.3 is 19.0 Å². The molecule has 0 spiro atoms. The maximum absolute atomic E-state index is 10.1. The van der Waals surface area contributed by atoms with E-state index in [0.29, 0.717) is 27.0 Å². The van der Waals surface area contributed by atoms with Crippen molar-refractivity contribution in [2.45, 2.75) is 0 Å². The summed E-state index contributed by atoms with van der Waals surface area (Å²) in [6.07, 6.45) is 0. The Hall–Kier alpha value is -2.53. The Morgan fingerprint density at radius 2 is 1.64 bits per heavy atom. The largest absolute Gasteiger partial charge is 0.507 e. The second kappa shape index (κ2) is 5.69. The van der Waals surface area contributed by atoms with Gasteiger partial charge in [-0.2, -0.15) is 0 Å². The molecule has 5 heteroatoms. The molecule has 0 saturated heterocycles. The first-order valence-electron chi connectivity index (χ1n) is 6.61. The molecule has 1 N–H and O–H groups in total. The number of methoxy groups -OCH3 is 2. The van der Waals surface area contributed by atoms with Gasteiger partial charge in [0.15, 0.2) is 0 Å². The quantitative estimate of drug-likeness (QED) is 0.719. The second-order valence-electron chi connectivity index (χ2n) is 4.72. The second-order valence-corrected chi connectivity index (χ2v) is 5.16. The molecule has 2 aromatic carbocycles. The fourth-order valence-electron chi connectivity index (χ4n) is 2.26. The van der Waals surface area contributed by atoms with Gasteiger partial charge in [0.25, 0.3) is 0 Å². The van der Waals surface area contributed by atoms with Crippen LogP contribution in [0, 0.1) is 4.51 Å². The van der Waals surface area contributed by atoms with Gasteiger partial charge in [-0.3, -0.25) is 0 Å². The first-order valence-corrected chi connectivity index (χ1v) is 7.02. The molecular formula is C17H14O4S. The number of phenols is 1. The molecule has 0 unspecified atom stereocenters. The highest BCUT2D eigenvalue weighted by molar-refractivity contribution is 7.71. The van der Waals surface area contributed by atoms with E-state index in [4.69, 9.17) is 26.1 Å². The van der Waals surface area contributed by atoms with Gasteiger partial charge in [0.2, 0.25) is 0 Å². The number of hydrogen-bond acceptors (Lipinski definition) is 5. The summed E-state index contributed by atoms with van der Waals surface area (Å²) in [4.78, 5) is 0. The van der Waals surface area contributed by atoms with Crippen molar-refractivity contribution in [3.8, 4) is 28.6 Å². The average molecular weight is 314 g/mol. The van der Waals surface area contributed by atoms with E-state index in [-0.39, 0.29) is 5.75 Å². The first-order chi connectivity index (χ1) is 10.6. The van der Waals surface area contributed by atoms with Crippen molar-refractivity contribution >= 4 is 23.2 Å². The number of fused-ring (bicyclic) bond motifs is 1.